The summed E-state index contributed by atoms with van der Waals surface area (Å²) in [6, 6.07) is 3.21. The average molecular weight is 327 g/mol. The molecule has 0 saturated heterocycles. The molecular weight excluding hydrogens is 304 g/mol. The van der Waals surface area contributed by atoms with E-state index in [1.807, 2.05) is 32.9 Å². The highest BCUT2D eigenvalue weighted by molar-refractivity contribution is 6.32. The molecule has 2 rings (SSSR count). The van der Waals surface area contributed by atoms with Crippen LogP contribution in [0.2, 0.25) is 5.02 Å². The van der Waals surface area contributed by atoms with Gasteiger partial charge in [-0.05, 0) is 29.5 Å². The van der Waals surface area contributed by atoms with E-state index >= 15 is 0 Å². The number of hydrogen-bond donors (Lipinski definition) is 2. The fourth-order valence-electron chi connectivity index (χ4n) is 2.14. The van der Waals surface area contributed by atoms with Crippen molar-refractivity contribution in [1.82, 2.24) is 5.32 Å². The Hall–Kier alpha value is -1.46. The van der Waals surface area contributed by atoms with E-state index in [-0.39, 0.29) is 11.3 Å². The van der Waals surface area contributed by atoms with Crippen molar-refractivity contribution in [1.29, 1.82) is 0 Å². The van der Waals surface area contributed by atoms with E-state index in [0.29, 0.717) is 42.7 Å². The molecule has 0 unspecified atom stereocenters. The quantitative estimate of drug-likeness (QED) is 0.889. The molecule has 122 valence electrons. The molecule has 1 heterocycles. The molecule has 6 heteroatoms. The van der Waals surface area contributed by atoms with Gasteiger partial charge < -0.3 is 20.5 Å². The maximum Gasteiger partial charge on any atom is 0.237 e. The molecule has 1 atom stereocenters. The third kappa shape index (κ3) is 4.05. The molecule has 1 aromatic rings. The lowest BCUT2D eigenvalue weighted by molar-refractivity contribution is -0.124. The lowest BCUT2D eigenvalue weighted by Crippen LogP contribution is -2.48. The number of nitrogens with two attached hydrogens (primary N) is 1. The van der Waals surface area contributed by atoms with Gasteiger partial charge in [-0.25, -0.2) is 0 Å². The van der Waals surface area contributed by atoms with Crippen molar-refractivity contribution in [3.8, 4) is 11.5 Å². The molecule has 3 N–H and O–H groups in total. The SMILES string of the molecule is CC(C)(C)[C@H](N)C(=O)NCCc1cc(Cl)c2c(c1)OCCO2. The molecule has 0 saturated carbocycles. The van der Waals surface area contributed by atoms with Gasteiger partial charge in [0.2, 0.25) is 5.91 Å². The van der Waals surface area contributed by atoms with Crippen LogP contribution in [-0.4, -0.2) is 31.7 Å². The number of ether oxygens (including phenoxy) is 2. The lowest BCUT2D eigenvalue weighted by atomic mass is 9.87. The highest BCUT2D eigenvalue weighted by Crippen LogP contribution is 2.38. The standard InChI is InChI=1S/C16H23ClN2O3/c1-16(2,3)14(18)15(20)19-5-4-10-8-11(17)13-12(9-10)21-6-7-22-13/h8-9,14H,4-7,18H2,1-3H3,(H,19,20)/t14-/m1/s1. The summed E-state index contributed by atoms with van der Waals surface area (Å²) >= 11 is 6.19. The number of fused-ring (bicyclic) bond motifs is 1. The second-order valence-corrected chi connectivity index (χ2v) is 6.89. The van der Waals surface area contributed by atoms with Crippen LogP contribution >= 0.6 is 11.6 Å². The zero-order valence-electron chi connectivity index (χ0n) is 13.2. The first-order valence-electron chi connectivity index (χ1n) is 7.40. The fraction of sp³-hybridized carbons (Fsp3) is 0.562. The highest BCUT2D eigenvalue weighted by atomic mass is 35.5. The van der Waals surface area contributed by atoms with Gasteiger partial charge in [-0.15, -0.1) is 0 Å². The van der Waals surface area contributed by atoms with Gasteiger partial charge in [-0.2, -0.15) is 0 Å². The van der Waals surface area contributed by atoms with Gasteiger partial charge >= 0.3 is 0 Å². The third-order valence-corrected chi connectivity index (χ3v) is 3.87. The van der Waals surface area contributed by atoms with Crippen molar-refractivity contribution in [2.75, 3.05) is 19.8 Å². The largest absolute Gasteiger partial charge is 0.486 e. The summed E-state index contributed by atoms with van der Waals surface area (Å²) in [6.07, 6.45) is 0.652. The maximum atomic E-state index is 12.0. The number of benzene rings is 1. The molecule has 1 aliphatic rings. The Bertz CT molecular complexity index is 555. The van der Waals surface area contributed by atoms with Crippen LogP contribution in [0, 0.1) is 5.41 Å². The maximum absolute atomic E-state index is 12.0. The van der Waals surface area contributed by atoms with Crippen LogP contribution in [0.5, 0.6) is 11.5 Å². The van der Waals surface area contributed by atoms with Gasteiger partial charge in [0.05, 0.1) is 11.1 Å². The summed E-state index contributed by atoms with van der Waals surface area (Å²) in [5.41, 5.74) is 6.64. The Labute approximate surface area is 136 Å². The molecule has 0 aliphatic carbocycles. The van der Waals surface area contributed by atoms with Crippen LogP contribution in [0.25, 0.3) is 0 Å². The zero-order valence-corrected chi connectivity index (χ0v) is 14.0. The van der Waals surface area contributed by atoms with Gasteiger partial charge in [0, 0.05) is 6.54 Å². The van der Waals surface area contributed by atoms with E-state index in [0.717, 1.165) is 5.56 Å². The number of halogens is 1. The predicted molar refractivity (Wildman–Crippen MR) is 86.6 cm³/mol. The summed E-state index contributed by atoms with van der Waals surface area (Å²) in [6.45, 7) is 7.35. The van der Waals surface area contributed by atoms with Gasteiger partial charge in [0.25, 0.3) is 0 Å². The molecule has 22 heavy (non-hydrogen) atoms. The minimum atomic E-state index is -0.531. The predicted octanol–water partition coefficient (Wildman–Crippen LogP) is 2.14. The highest BCUT2D eigenvalue weighted by Gasteiger charge is 2.27. The molecule has 1 aromatic carbocycles. The van der Waals surface area contributed by atoms with Gasteiger partial charge in [-0.1, -0.05) is 32.4 Å². The van der Waals surface area contributed by atoms with Crippen molar-refractivity contribution in [2.24, 2.45) is 11.1 Å². The summed E-state index contributed by atoms with van der Waals surface area (Å²) < 4.78 is 11.0. The van der Waals surface area contributed by atoms with Gasteiger partial charge in [0.15, 0.2) is 11.5 Å². The van der Waals surface area contributed by atoms with Crippen LogP contribution in [0.15, 0.2) is 12.1 Å². The second kappa shape index (κ2) is 6.75. The second-order valence-electron chi connectivity index (χ2n) is 6.49. The molecule has 0 radical (unpaired) electrons. The molecule has 1 aliphatic heterocycles. The Balaban J connectivity index is 1.93. The summed E-state index contributed by atoms with van der Waals surface area (Å²) in [5, 5.41) is 3.39. The third-order valence-electron chi connectivity index (χ3n) is 3.59. The summed E-state index contributed by atoms with van der Waals surface area (Å²) in [5.74, 6) is 1.11. The minimum Gasteiger partial charge on any atom is -0.486 e. The van der Waals surface area contributed by atoms with Gasteiger partial charge in [-0.3, -0.25) is 4.79 Å². The number of carbonyl (C=O) groups is 1. The molecule has 0 bridgehead atoms. The topological polar surface area (TPSA) is 73.6 Å². The smallest absolute Gasteiger partial charge is 0.237 e. The Morgan fingerprint density at radius 1 is 1.36 bits per heavy atom. The van der Waals surface area contributed by atoms with E-state index in [9.17, 15) is 4.79 Å². The Kier molecular flexibility index (Phi) is 5.19. The van der Waals surface area contributed by atoms with Crippen LogP contribution in [0.1, 0.15) is 26.3 Å². The number of amides is 1. The number of nitrogens with one attached hydrogen (secondary N) is 1. The van der Waals surface area contributed by atoms with Crippen LogP contribution < -0.4 is 20.5 Å². The van der Waals surface area contributed by atoms with Crippen molar-refractivity contribution in [2.45, 2.75) is 33.2 Å². The van der Waals surface area contributed by atoms with Crippen LogP contribution in [0.4, 0.5) is 0 Å². The van der Waals surface area contributed by atoms with Crippen molar-refractivity contribution < 1.29 is 14.3 Å². The molecule has 0 aromatic heterocycles. The van der Waals surface area contributed by atoms with Crippen molar-refractivity contribution >= 4 is 17.5 Å². The van der Waals surface area contributed by atoms with Crippen LogP contribution in [-0.2, 0) is 11.2 Å². The first-order chi connectivity index (χ1) is 10.3. The Morgan fingerprint density at radius 3 is 2.73 bits per heavy atom. The Morgan fingerprint density at radius 2 is 2.05 bits per heavy atom. The molecule has 0 spiro atoms. The summed E-state index contributed by atoms with van der Waals surface area (Å²) in [7, 11) is 0. The fourth-order valence-corrected chi connectivity index (χ4v) is 2.43. The average Bonchev–Trinajstić information content (AvgIpc) is 2.45. The number of carbonyl (C=O) groups excluding carboxylic acids is 1. The number of rotatable bonds is 4. The van der Waals surface area contributed by atoms with E-state index in [1.165, 1.54) is 0 Å². The minimum absolute atomic E-state index is 0.142. The first kappa shape index (κ1) is 16.9. The van der Waals surface area contributed by atoms with E-state index in [2.05, 4.69) is 5.32 Å². The molecule has 1 amide bonds. The van der Waals surface area contributed by atoms with Crippen molar-refractivity contribution in [3.05, 3.63) is 22.7 Å². The van der Waals surface area contributed by atoms with E-state index in [1.54, 1.807) is 0 Å². The first-order valence-corrected chi connectivity index (χ1v) is 7.78. The van der Waals surface area contributed by atoms with Crippen LogP contribution in [0.3, 0.4) is 0 Å². The zero-order chi connectivity index (χ0) is 16.3. The normalized spacial score (nSPS) is 15.3. The van der Waals surface area contributed by atoms with Crippen molar-refractivity contribution in [3.63, 3.8) is 0 Å². The molecular formula is C16H23ClN2O3. The molecule has 5 nitrogen and oxygen atoms in total. The lowest BCUT2D eigenvalue weighted by Gasteiger charge is -2.25. The van der Waals surface area contributed by atoms with E-state index < -0.39 is 6.04 Å². The molecule has 0 fully saturated rings. The van der Waals surface area contributed by atoms with Gasteiger partial charge in [0.1, 0.15) is 13.2 Å². The number of hydrogen-bond acceptors (Lipinski definition) is 4. The summed E-state index contributed by atoms with van der Waals surface area (Å²) in [4.78, 5) is 12.0. The monoisotopic (exact) mass is 326 g/mol. The van der Waals surface area contributed by atoms with E-state index in [4.69, 9.17) is 26.8 Å².